The van der Waals surface area contributed by atoms with Gasteiger partial charge >= 0.3 is 5.69 Å². The smallest absolute Gasteiger partial charge is 0.328 e. The molecule has 0 amide bonds. The van der Waals surface area contributed by atoms with Crippen LogP contribution in [0.3, 0.4) is 0 Å². The molecule has 7 heteroatoms. The minimum Gasteiger partial charge on any atom is -0.393 e. The molecule has 1 aromatic carbocycles. The highest BCUT2D eigenvalue weighted by atomic mass is 16.2. The van der Waals surface area contributed by atoms with Crippen LogP contribution >= 0.6 is 0 Å². The minimum atomic E-state index is -0.569. The van der Waals surface area contributed by atoms with E-state index in [4.69, 9.17) is 5.73 Å². The number of rotatable bonds is 3. The molecular formula is C14H15N5O2. The van der Waals surface area contributed by atoms with Gasteiger partial charge in [-0.05, 0) is 13.0 Å². The Balaban J connectivity index is 2.13. The second kappa shape index (κ2) is 4.93. The zero-order chi connectivity index (χ0) is 15.0. The monoisotopic (exact) mass is 285 g/mol. The average molecular weight is 285 g/mol. The highest BCUT2D eigenvalue weighted by Crippen LogP contribution is 2.18. The van der Waals surface area contributed by atoms with Crippen LogP contribution in [-0.2, 0) is 13.1 Å². The first-order valence-corrected chi connectivity index (χ1v) is 6.64. The van der Waals surface area contributed by atoms with E-state index >= 15 is 0 Å². The molecule has 3 aromatic rings. The number of fused-ring (bicyclic) bond motifs is 1. The molecule has 0 radical (unpaired) electrons. The lowest BCUT2D eigenvalue weighted by atomic mass is 10.2. The predicted molar refractivity (Wildman–Crippen MR) is 80.2 cm³/mol. The van der Waals surface area contributed by atoms with E-state index in [0.717, 1.165) is 23.1 Å². The SMILES string of the molecule is CCn1nc(Cn2cc(N)c(=O)[nH]c2=O)c2ccccc21. The van der Waals surface area contributed by atoms with Crippen molar-refractivity contribution in [3.05, 3.63) is 57.0 Å². The summed E-state index contributed by atoms with van der Waals surface area (Å²) in [6.45, 7) is 3.00. The second-order valence-corrected chi connectivity index (χ2v) is 4.75. The molecule has 0 bridgehead atoms. The van der Waals surface area contributed by atoms with E-state index in [1.165, 1.54) is 10.8 Å². The van der Waals surface area contributed by atoms with Gasteiger partial charge in [0.2, 0.25) is 0 Å². The molecule has 0 spiro atoms. The Labute approximate surface area is 119 Å². The highest BCUT2D eigenvalue weighted by Gasteiger charge is 2.11. The number of nitrogens with two attached hydrogens (primary N) is 1. The first-order chi connectivity index (χ1) is 10.1. The maximum Gasteiger partial charge on any atom is 0.328 e. The van der Waals surface area contributed by atoms with Crippen LogP contribution in [0.5, 0.6) is 0 Å². The standard InChI is InChI=1S/C14H15N5O2/c1-2-19-12-6-4-3-5-9(12)11(17-19)8-18-7-10(15)13(20)16-14(18)21/h3-7H,2,8,15H2,1H3,(H,16,20,21). The van der Waals surface area contributed by atoms with Crippen LogP contribution < -0.4 is 17.0 Å². The summed E-state index contributed by atoms with van der Waals surface area (Å²) in [7, 11) is 0. The number of hydrogen-bond donors (Lipinski definition) is 2. The number of hydrogen-bond acceptors (Lipinski definition) is 4. The van der Waals surface area contributed by atoms with Crippen molar-refractivity contribution in [2.75, 3.05) is 5.73 Å². The molecule has 21 heavy (non-hydrogen) atoms. The van der Waals surface area contributed by atoms with Gasteiger partial charge in [0.15, 0.2) is 0 Å². The molecule has 2 aromatic heterocycles. The Morgan fingerprint density at radius 2 is 2.05 bits per heavy atom. The summed E-state index contributed by atoms with van der Waals surface area (Å²) < 4.78 is 3.23. The van der Waals surface area contributed by atoms with Crippen molar-refractivity contribution in [1.82, 2.24) is 19.3 Å². The molecule has 2 heterocycles. The number of nitrogens with zero attached hydrogens (tertiary/aromatic N) is 3. The molecule has 108 valence electrons. The number of para-hydroxylation sites is 1. The van der Waals surface area contributed by atoms with Gasteiger partial charge in [0.05, 0.1) is 17.8 Å². The van der Waals surface area contributed by atoms with Crippen molar-refractivity contribution in [3.8, 4) is 0 Å². The van der Waals surface area contributed by atoms with Gasteiger partial charge in [-0.1, -0.05) is 18.2 Å². The van der Waals surface area contributed by atoms with Gasteiger partial charge in [-0.3, -0.25) is 19.0 Å². The summed E-state index contributed by atoms with van der Waals surface area (Å²) >= 11 is 0. The summed E-state index contributed by atoms with van der Waals surface area (Å²) in [6.07, 6.45) is 1.35. The summed E-state index contributed by atoms with van der Waals surface area (Å²) in [5.41, 5.74) is 6.28. The summed E-state index contributed by atoms with van der Waals surface area (Å²) in [4.78, 5) is 25.3. The topological polar surface area (TPSA) is 98.7 Å². The molecule has 7 nitrogen and oxygen atoms in total. The molecule has 0 aliphatic heterocycles. The number of H-pyrrole nitrogens is 1. The normalized spacial score (nSPS) is 11.1. The van der Waals surface area contributed by atoms with Crippen LogP contribution in [0.25, 0.3) is 10.9 Å². The summed E-state index contributed by atoms with van der Waals surface area (Å²) in [5, 5.41) is 5.50. The number of aromatic amines is 1. The predicted octanol–water partition coefficient (Wildman–Crippen LogP) is 0.537. The lowest BCUT2D eigenvalue weighted by Gasteiger charge is -2.03. The van der Waals surface area contributed by atoms with Crippen LogP contribution in [0.1, 0.15) is 12.6 Å². The number of nitrogens with one attached hydrogen (secondary N) is 1. The molecule has 0 saturated carbocycles. The number of anilines is 1. The van der Waals surface area contributed by atoms with E-state index in [0.29, 0.717) is 0 Å². The second-order valence-electron chi connectivity index (χ2n) is 4.75. The van der Waals surface area contributed by atoms with Gasteiger partial charge in [-0.25, -0.2) is 4.79 Å². The Kier molecular flexibility index (Phi) is 3.09. The third-order valence-corrected chi connectivity index (χ3v) is 3.39. The Hall–Kier alpha value is -2.83. The van der Waals surface area contributed by atoms with Crippen molar-refractivity contribution in [1.29, 1.82) is 0 Å². The van der Waals surface area contributed by atoms with Crippen molar-refractivity contribution in [3.63, 3.8) is 0 Å². The van der Waals surface area contributed by atoms with Gasteiger partial charge in [-0.2, -0.15) is 5.10 Å². The lowest BCUT2D eigenvalue weighted by Crippen LogP contribution is -2.31. The zero-order valence-electron chi connectivity index (χ0n) is 11.5. The van der Waals surface area contributed by atoms with E-state index in [1.807, 2.05) is 35.9 Å². The van der Waals surface area contributed by atoms with Crippen molar-refractivity contribution in [2.24, 2.45) is 0 Å². The largest absolute Gasteiger partial charge is 0.393 e. The Morgan fingerprint density at radius 1 is 1.29 bits per heavy atom. The Morgan fingerprint density at radius 3 is 2.81 bits per heavy atom. The van der Waals surface area contributed by atoms with Crippen LogP contribution in [0.15, 0.2) is 40.1 Å². The number of nitrogen functional groups attached to an aromatic ring is 1. The quantitative estimate of drug-likeness (QED) is 0.733. The van der Waals surface area contributed by atoms with Gasteiger partial charge < -0.3 is 5.73 Å². The molecule has 0 aliphatic carbocycles. The molecule has 3 N–H and O–H groups in total. The summed E-state index contributed by atoms with van der Waals surface area (Å²) in [6, 6.07) is 7.82. The van der Waals surface area contributed by atoms with Crippen LogP contribution in [0, 0.1) is 0 Å². The van der Waals surface area contributed by atoms with Crippen molar-refractivity contribution in [2.45, 2.75) is 20.0 Å². The fraction of sp³-hybridized carbons (Fsp3) is 0.214. The van der Waals surface area contributed by atoms with E-state index < -0.39 is 11.2 Å². The van der Waals surface area contributed by atoms with Gasteiger partial charge in [-0.15, -0.1) is 0 Å². The third-order valence-electron chi connectivity index (χ3n) is 3.39. The van der Waals surface area contributed by atoms with Gasteiger partial charge in [0.25, 0.3) is 5.56 Å². The zero-order valence-corrected chi connectivity index (χ0v) is 11.5. The number of aromatic nitrogens is 4. The lowest BCUT2D eigenvalue weighted by molar-refractivity contribution is 0.641. The molecule has 0 atom stereocenters. The fourth-order valence-electron chi connectivity index (χ4n) is 2.36. The molecule has 0 fully saturated rings. The van der Waals surface area contributed by atoms with E-state index in [-0.39, 0.29) is 12.2 Å². The van der Waals surface area contributed by atoms with Crippen LogP contribution in [-0.4, -0.2) is 19.3 Å². The molecule has 0 aliphatic rings. The van der Waals surface area contributed by atoms with Gasteiger partial charge in [0, 0.05) is 18.1 Å². The molecule has 3 rings (SSSR count). The van der Waals surface area contributed by atoms with Crippen molar-refractivity contribution >= 4 is 16.6 Å². The molecule has 0 saturated heterocycles. The number of benzene rings is 1. The van der Waals surface area contributed by atoms with E-state index in [9.17, 15) is 9.59 Å². The maximum atomic E-state index is 11.8. The van der Waals surface area contributed by atoms with Crippen LogP contribution in [0.4, 0.5) is 5.69 Å². The first kappa shape index (κ1) is 13.2. The highest BCUT2D eigenvalue weighted by molar-refractivity contribution is 5.81. The minimum absolute atomic E-state index is 0.00818. The summed E-state index contributed by atoms with van der Waals surface area (Å²) in [5.74, 6) is 0. The number of aryl methyl sites for hydroxylation is 1. The fourth-order valence-corrected chi connectivity index (χ4v) is 2.36. The van der Waals surface area contributed by atoms with E-state index in [2.05, 4.69) is 10.1 Å². The van der Waals surface area contributed by atoms with E-state index in [1.54, 1.807) is 0 Å². The first-order valence-electron chi connectivity index (χ1n) is 6.64. The van der Waals surface area contributed by atoms with Crippen LogP contribution in [0.2, 0.25) is 0 Å². The molecule has 0 unspecified atom stereocenters. The average Bonchev–Trinajstić information content (AvgIpc) is 2.83. The molecular weight excluding hydrogens is 270 g/mol. The third kappa shape index (κ3) is 2.22. The maximum absolute atomic E-state index is 11.8. The Bertz CT molecular complexity index is 919. The van der Waals surface area contributed by atoms with Gasteiger partial charge in [0.1, 0.15) is 5.69 Å². The van der Waals surface area contributed by atoms with Crippen molar-refractivity contribution < 1.29 is 0 Å².